The number of carbonyl (C=O) groups is 3. The number of carbonyl (C=O) groups excluding carboxylic acids is 3. The van der Waals surface area contributed by atoms with Crippen LogP contribution in [0.2, 0.25) is 0 Å². The molecule has 0 aromatic carbocycles. The van der Waals surface area contributed by atoms with Crippen LogP contribution in [-0.4, -0.2) is 40.9 Å². The van der Waals surface area contributed by atoms with Crippen LogP contribution in [-0.2, 0) is 23.8 Å². The monoisotopic (exact) mass is 321 g/mol. The number of thioether (sulfide) groups is 1. The predicted octanol–water partition coefficient (Wildman–Crippen LogP) is 1.82. The first-order valence-electron chi connectivity index (χ1n) is 6.57. The van der Waals surface area contributed by atoms with Crippen LogP contribution in [0.5, 0.6) is 0 Å². The van der Waals surface area contributed by atoms with E-state index in [2.05, 4.69) is 4.74 Å². The van der Waals surface area contributed by atoms with Gasteiger partial charge in [0, 0.05) is 11.2 Å². The molecule has 0 aliphatic heterocycles. The fourth-order valence-corrected chi connectivity index (χ4v) is 1.90. The normalized spacial score (nSPS) is 12.7. The maximum atomic E-state index is 11.7. The highest BCUT2D eigenvalue weighted by molar-refractivity contribution is 8.14. The van der Waals surface area contributed by atoms with Gasteiger partial charge in [0.25, 0.3) is 0 Å². The number of hydrogen-bond acceptors (Lipinski definition) is 8. The molecule has 0 heterocycles. The van der Waals surface area contributed by atoms with Gasteiger partial charge in [0.2, 0.25) is 6.79 Å². The average Bonchev–Trinajstić information content (AvgIpc) is 2.35. The average molecular weight is 321 g/mol. The first-order valence-corrected chi connectivity index (χ1v) is 7.39. The van der Waals surface area contributed by atoms with E-state index in [9.17, 15) is 14.4 Å². The zero-order valence-electron chi connectivity index (χ0n) is 13.0. The van der Waals surface area contributed by atoms with Crippen LogP contribution in [0.1, 0.15) is 41.0 Å². The number of ether oxygens (including phenoxy) is 3. The summed E-state index contributed by atoms with van der Waals surface area (Å²) in [6.45, 7) is 7.84. The molecule has 0 fully saturated rings. The first-order chi connectivity index (χ1) is 9.60. The lowest BCUT2D eigenvalue weighted by molar-refractivity contribution is -0.151. The molecule has 0 aromatic heterocycles. The minimum absolute atomic E-state index is 0.197. The van der Waals surface area contributed by atoms with Gasteiger partial charge in [0.15, 0.2) is 0 Å². The summed E-state index contributed by atoms with van der Waals surface area (Å²) >= 11 is 0.746. The summed E-state index contributed by atoms with van der Waals surface area (Å²) in [7, 11) is 0. The molecule has 0 aliphatic carbocycles. The van der Waals surface area contributed by atoms with E-state index in [1.165, 1.54) is 0 Å². The van der Waals surface area contributed by atoms with Crippen molar-refractivity contribution in [2.24, 2.45) is 5.73 Å². The molecular formula is C13H23NO6S. The Hall–Kier alpha value is -1.28. The molecular weight excluding hydrogens is 298 g/mol. The molecule has 0 amide bonds. The van der Waals surface area contributed by atoms with E-state index in [1.807, 2.05) is 0 Å². The van der Waals surface area contributed by atoms with Crippen LogP contribution in [0.3, 0.4) is 0 Å². The summed E-state index contributed by atoms with van der Waals surface area (Å²) in [5, 5.41) is -0.684. The summed E-state index contributed by atoms with van der Waals surface area (Å²) in [5.74, 6) is -1.06. The molecule has 2 N–H and O–H groups in total. The Labute approximate surface area is 128 Å². The van der Waals surface area contributed by atoms with Crippen molar-refractivity contribution in [3.05, 3.63) is 0 Å². The number of rotatable bonds is 7. The Kier molecular flexibility index (Phi) is 8.34. The largest absolute Gasteiger partial charge is 0.462 e. The first kappa shape index (κ1) is 19.7. The Morgan fingerprint density at radius 1 is 1.19 bits per heavy atom. The van der Waals surface area contributed by atoms with Gasteiger partial charge in [-0.3, -0.25) is 9.59 Å². The van der Waals surface area contributed by atoms with Crippen molar-refractivity contribution in [1.29, 1.82) is 0 Å². The van der Waals surface area contributed by atoms with E-state index in [0.29, 0.717) is 0 Å². The smallest absolute Gasteiger partial charge is 0.370 e. The molecule has 0 aromatic rings. The lowest BCUT2D eigenvalue weighted by Gasteiger charge is -2.28. The molecule has 0 aliphatic rings. The van der Waals surface area contributed by atoms with Crippen LogP contribution >= 0.6 is 11.8 Å². The molecule has 8 heteroatoms. The van der Waals surface area contributed by atoms with Gasteiger partial charge >= 0.3 is 17.2 Å². The van der Waals surface area contributed by atoms with Crippen LogP contribution in [0.4, 0.5) is 4.79 Å². The van der Waals surface area contributed by atoms with Gasteiger partial charge in [-0.05, 0) is 39.5 Å². The van der Waals surface area contributed by atoms with Gasteiger partial charge in [-0.2, -0.15) is 0 Å². The van der Waals surface area contributed by atoms with Gasteiger partial charge in [-0.1, -0.05) is 6.92 Å². The molecule has 0 saturated carbocycles. The molecule has 21 heavy (non-hydrogen) atoms. The van der Waals surface area contributed by atoms with E-state index in [4.69, 9.17) is 15.2 Å². The fourth-order valence-electron chi connectivity index (χ4n) is 1.14. The molecule has 0 bridgehead atoms. The van der Waals surface area contributed by atoms with E-state index < -0.39 is 34.8 Å². The summed E-state index contributed by atoms with van der Waals surface area (Å²) in [5.41, 5.74) is 5.80. The van der Waals surface area contributed by atoms with Crippen LogP contribution in [0.15, 0.2) is 0 Å². The van der Waals surface area contributed by atoms with Crippen molar-refractivity contribution < 1.29 is 28.6 Å². The van der Waals surface area contributed by atoms with Crippen molar-refractivity contribution in [3.63, 3.8) is 0 Å². The summed E-state index contributed by atoms with van der Waals surface area (Å²) in [6.07, 6.45) is -0.0907. The second kappa shape index (κ2) is 8.89. The second-order valence-corrected chi connectivity index (χ2v) is 6.64. The number of nitrogens with two attached hydrogens (primary N) is 1. The topological polar surface area (TPSA) is 105 Å². The third-order valence-corrected chi connectivity index (χ3v) is 3.45. The van der Waals surface area contributed by atoms with Gasteiger partial charge in [-0.15, -0.1) is 0 Å². The third-order valence-electron chi connectivity index (χ3n) is 2.39. The molecule has 1 atom stereocenters. The van der Waals surface area contributed by atoms with Gasteiger partial charge in [0.1, 0.15) is 6.04 Å². The minimum Gasteiger partial charge on any atom is -0.462 e. The molecule has 122 valence electrons. The van der Waals surface area contributed by atoms with Crippen molar-refractivity contribution in [3.8, 4) is 0 Å². The van der Waals surface area contributed by atoms with E-state index in [0.717, 1.165) is 11.8 Å². The quantitative estimate of drug-likeness (QED) is 0.559. The predicted molar refractivity (Wildman–Crippen MR) is 78.6 cm³/mol. The molecule has 0 rings (SSSR count). The summed E-state index contributed by atoms with van der Waals surface area (Å²) < 4.78 is 13.4. The summed E-state index contributed by atoms with van der Waals surface area (Å²) in [6, 6.07) is -0.990. The lowest BCUT2D eigenvalue weighted by atomic mass is 10.0. The number of hydrogen-bond donors (Lipinski definition) is 1. The lowest BCUT2D eigenvalue weighted by Crippen LogP contribution is -2.48. The van der Waals surface area contributed by atoms with Crippen molar-refractivity contribution in [1.82, 2.24) is 0 Å². The van der Waals surface area contributed by atoms with Crippen LogP contribution < -0.4 is 5.73 Å². The van der Waals surface area contributed by atoms with Crippen LogP contribution in [0, 0.1) is 0 Å². The standard InChI is InChI=1S/C13H23NO6S/c1-6-9(15)18-7-19-12(17)21-13(4,5)10(14)11(16)20-8(2)3/h8,10H,6-7,14H2,1-5H3/t10-/m0/s1. The van der Waals surface area contributed by atoms with Crippen molar-refractivity contribution >= 4 is 29.0 Å². The Bertz CT molecular complexity index is 383. The highest BCUT2D eigenvalue weighted by Crippen LogP contribution is 2.29. The molecule has 7 nitrogen and oxygen atoms in total. The van der Waals surface area contributed by atoms with E-state index in [1.54, 1.807) is 34.6 Å². The van der Waals surface area contributed by atoms with Crippen LogP contribution in [0.25, 0.3) is 0 Å². The molecule has 0 spiro atoms. The van der Waals surface area contributed by atoms with Crippen molar-refractivity contribution in [2.75, 3.05) is 6.79 Å². The van der Waals surface area contributed by atoms with Crippen molar-refractivity contribution in [2.45, 2.75) is 57.9 Å². The van der Waals surface area contributed by atoms with Gasteiger partial charge < -0.3 is 19.9 Å². The maximum absolute atomic E-state index is 11.7. The highest BCUT2D eigenvalue weighted by Gasteiger charge is 2.37. The minimum atomic E-state index is -0.990. The SMILES string of the molecule is CCC(=O)OCOC(=O)SC(C)(C)[C@@H](N)C(=O)OC(C)C. The number of esters is 2. The van der Waals surface area contributed by atoms with Gasteiger partial charge in [0.05, 0.1) is 6.10 Å². The maximum Gasteiger partial charge on any atom is 0.370 e. The fraction of sp³-hybridized carbons (Fsp3) is 0.769. The van der Waals surface area contributed by atoms with E-state index >= 15 is 0 Å². The Balaban J connectivity index is 4.35. The molecule has 0 saturated heterocycles. The Morgan fingerprint density at radius 2 is 1.76 bits per heavy atom. The Morgan fingerprint density at radius 3 is 2.24 bits per heavy atom. The zero-order chi connectivity index (χ0) is 16.6. The summed E-state index contributed by atoms with van der Waals surface area (Å²) in [4.78, 5) is 34.2. The third kappa shape index (κ3) is 7.91. The molecule has 0 unspecified atom stereocenters. The zero-order valence-corrected chi connectivity index (χ0v) is 13.8. The van der Waals surface area contributed by atoms with Gasteiger partial charge in [-0.25, -0.2) is 4.79 Å². The second-order valence-electron chi connectivity index (χ2n) is 5.05. The highest BCUT2D eigenvalue weighted by atomic mass is 32.2. The molecule has 0 radical (unpaired) electrons. The van der Waals surface area contributed by atoms with E-state index in [-0.39, 0.29) is 12.5 Å².